The number of methoxy groups -OCH3 is 1. The second kappa shape index (κ2) is 7.31. The van der Waals surface area contributed by atoms with Gasteiger partial charge in [0, 0.05) is 17.0 Å². The minimum atomic E-state index is -0.577. The van der Waals surface area contributed by atoms with Crippen molar-refractivity contribution in [3.8, 4) is 23.0 Å². The van der Waals surface area contributed by atoms with Gasteiger partial charge in [0.1, 0.15) is 11.5 Å². The van der Waals surface area contributed by atoms with Gasteiger partial charge in [-0.25, -0.2) is 0 Å². The van der Waals surface area contributed by atoms with Gasteiger partial charge in [0.15, 0.2) is 17.3 Å². The number of fused-ring (bicyclic) bond motifs is 1. The molecular weight excluding hydrogens is 372 g/mol. The highest BCUT2D eigenvalue weighted by molar-refractivity contribution is 6.11. The fraction of sp³-hybridized carbons (Fsp3) is 0.130. The molecule has 0 aliphatic carbocycles. The van der Waals surface area contributed by atoms with Crippen LogP contribution in [0.15, 0.2) is 60.7 Å². The quantitative estimate of drug-likeness (QED) is 0.400. The lowest BCUT2D eigenvalue weighted by atomic mass is 9.84. The van der Waals surface area contributed by atoms with E-state index in [-0.39, 0.29) is 35.0 Å². The molecular formula is C23H18O6. The highest BCUT2D eigenvalue weighted by atomic mass is 16.5. The fourth-order valence-electron chi connectivity index (χ4n) is 3.58. The highest BCUT2D eigenvalue weighted by Crippen LogP contribution is 2.46. The Morgan fingerprint density at radius 3 is 2.52 bits per heavy atom. The van der Waals surface area contributed by atoms with Crippen molar-refractivity contribution in [1.29, 1.82) is 0 Å². The number of carbonyl (C=O) groups excluding carboxylic acids is 2. The van der Waals surface area contributed by atoms with E-state index in [0.29, 0.717) is 22.4 Å². The standard InChI is InChI=1S/C23H18O6/c1-28-18-9-7-14(11-17(18)24)16-12-20(25)29-19-10-8-15(23(27)21(16)19)22(26)13-5-3-2-4-6-13/h2-11,16,24,27H,12H2,1H3/t16-/m1/s1. The van der Waals surface area contributed by atoms with Crippen molar-refractivity contribution in [3.63, 3.8) is 0 Å². The molecule has 29 heavy (non-hydrogen) atoms. The van der Waals surface area contributed by atoms with Crippen LogP contribution in [0.2, 0.25) is 0 Å². The molecule has 1 heterocycles. The van der Waals surface area contributed by atoms with E-state index >= 15 is 0 Å². The van der Waals surface area contributed by atoms with Gasteiger partial charge < -0.3 is 19.7 Å². The summed E-state index contributed by atoms with van der Waals surface area (Å²) in [5, 5.41) is 21.1. The SMILES string of the molecule is COc1ccc([C@H]2CC(=O)Oc3ccc(C(=O)c4ccccc4)c(O)c32)cc1O. The molecule has 2 N–H and O–H groups in total. The third-order valence-electron chi connectivity index (χ3n) is 5.01. The number of phenols is 2. The maximum atomic E-state index is 12.9. The number of hydrogen-bond acceptors (Lipinski definition) is 6. The summed E-state index contributed by atoms with van der Waals surface area (Å²) >= 11 is 0. The van der Waals surface area contributed by atoms with Gasteiger partial charge in [0.25, 0.3) is 0 Å². The summed E-state index contributed by atoms with van der Waals surface area (Å²) in [4.78, 5) is 25.0. The van der Waals surface area contributed by atoms with Crippen molar-refractivity contribution in [3.05, 3.63) is 82.9 Å². The van der Waals surface area contributed by atoms with Crippen molar-refractivity contribution in [1.82, 2.24) is 0 Å². The van der Waals surface area contributed by atoms with E-state index in [9.17, 15) is 19.8 Å². The summed E-state index contributed by atoms with van der Waals surface area (Å²) in [6, 6.07) is 16.4. The minimum absolute atomic E-state index is 0.0324. The maximum absolute atomic E-state index is 12.9. The van der Waals surface area contributed by atoms with E-state index < -0.39 is 11.9 Å². The Bertz CT molecular complexity index is 1100. The lowest BCUT2D eigenvalue weighted by Gasteiger charge is -2.26. The Morgan fingerprint density at radius 1 is 1.07 bits per heavy atom. The molecule has 0 bridgehead atoms. The topological polar surface area (TPSA) is 93.1 Å². The predicted octanol–water partition coefficient (Wildman–Crippen LogP) is 3.78. The van der Waals surface area contributed by atoms with Gasteiger partial charge in [-0.3, -0.25) is 9.59 Å². The zero-order chi connectivity index (χ0) is 20.5. The Balaban J connectivity index is 1.83. The summed E-state index contributed by atoms with van der Waals surface area (Å²) in [6.45, 7) is 0. The number of benzene rings is 3. The third kappa shape index (κ3) is 3.29. The molecule has 0 saturated carbocycles. The number of ether oxygens (including phenoxy) is 2. The van der Waals surface area contributed by atoms with Gasteiger partial charge in [0.05, 0.1) is 19.1 Å². The predicted molar refractivity (Wildman–Crippen MR) is 105 cm³/mol. The van der Waals surface area contributed by atoms with Crippen molar-refractivity contribution in [2.45, 2.75) is 12.3 Å². The number of ketones is 1. The monoisotopic (exact) mass is 390 g/mol. The van der Waals surface area contributed by atoms with E-state index in [2.05, 4.69) is 0 Å². The number of phenolic OH excluding ortho intramolecular Hbond substituents is 2. The summed E-state index contributed by atoms with van der Waals surface area (Å²) in [7, 11) is 1.44. The van der Waals surface area contributed by atoms with Crippen molar-refractivity contribution < 1.29 is 29.3 Å². The summed E-state index contributed by atoms with van der Waals surface area (Å²) in [5.74, 6) is -1.19. The van der Waals surface area contributed by atoms with Gasteiger partial charge in [-0.05, 0) is 29.8 Å². The normalized spacial score (nSPS) is 15.3. The van der Waals surface area contributed by atoms with E-state index in [1.165, 1.54) is 25.3 Å². The van der Waals surface area contributed by atoms with E-state index in [0.717, 1.165) is 0 Å². The van der Waals surface area contributed by atoms with E-state index in [1.807, 2.05) is 0 Å². The molecule has 146 valence electrons. The average molecular weight is 390 g/mol. The molecule has 6 heteroatoms. The largest absolute Gasteiger partial charge is 0.507 e. The molecule has 1 aliphatic rings. The zero-order valence-electron chi connectivity index (χ0n) is 15.6. The molecule has 4 rings (SSSR count). The van der Waals surface area contributed by atoms with Crippen molar-refractivity contribution in [2.24, 2.45) is 0 Å². The highest BCUT2D eigenvalue weighted by Gasteiger charge is 2.33. The molecule has 0 radical (unpaired) electrons. The van der Waals surface area contributed by atoms with Crippen LogP contribution in [0.1, 0.15) is 39.4 Å². The second-order valence-corrected chi connectivity index (χ2v) is 6.73. The molecule has 3 aromatic carbocycles. The average Bonchev–Trinajstić information content (AvgIpc) is 2.73. The third-order valence-corrected chi connectivity index (χ3v) is 5.01. The van der Waals surface area contributed by atoms with Gasteiger partial charge >= 0.3 is 5.97 Å². The summed E-state index contributed by atoms with van der Waals surface area (Å²) < 4.78 is 10.3. The van der Waals surface area contributed by atoms with Crippen molar-refractivity contribution in [2.75, 3.05) is 7.11 Å². The Kier molecular flexibility index (Phi) is 4.68. The lowest BCUT2D eigenvalue weighted by Crippen LogP contribution is -2.22. The molecule has 0 amide bonds. The van der Waals surface area contributed by atoms with Crippen LogP contribution in [-0.2, 0) is 4.79 Å². The van der Waals surface area contributed by atoms with Crippen LogP contribution in [0.5, 0.6) is 23.0 Å². The first-order valence-corrected chi connectivity index (χ1v) is 9.02. The van der Waals surface area contributed by atoms with E-state index in [1.54, 1.807) is 42.5 Å². The number of hydrogen-bond donors (Lipinski definition) is 2. The smallest absolute Gasteiger partial charge is 0.312 e. The summed E-state index contributed by atoms with van der Waals surface area (Å²) in [6.07, 6.45) is -0.0324. The van der Waals surface area contributed by atoms with Crippen LogP contribution in [-0.4, -0.2) is 29.1 Å². The summed E-state index contributed by atoms with van der Waals surface area (Å²) in [5.41, 5.74) is 1.50. The molecule has 1 atom stereocenters. The van der Waals surface area contributed by atoms with Gasteiger partial charge in [-0.1, -0.05) is 36.4 Å². The van der Waals surface area contributed by atoms with Gasteiger partial charge in [0.2, 0.25) is 0 Å². The molecule has 1 aliphatic heterocycles. The van der Waals surface area contributed by atoms with Crippen LogP contribution in [0.4, 0.5) is 0 Å². The Hall–Kier alpha value is -3.80. The molecule has 0 fully saturated rings. The second-order valence-electron chi connectivity index (χ2n) is 6.73. The Morgan fingerprint density at radius 2 is 1.83 bits per heavy atom. The molecule has 0 unspecified atom stereocenters. The number of aromatic hydroxyl groups is 2. The maximum Gasteiger partial charge on any atom is 0.312 e. The van der Waals surface area contributed by atoms with Crippen LogP contribution >= 0.6 is 0 Å². The van der Waals surface area contributed by atoms with Gasteiger partial charge in [-0.2, -0.15) is 0 Å². The number of esters is 1. The van der Waals surface area contributed by atoms with Crippen LogP contribution < -0.4 is 9.47 Å². The number of rotatable bonds is 4. The molecule has 0 spiro atoms. The first kappa shape index (κ1) is 18.6. The first-order chi connectivity index (χ1) is 14.0. The van der Waals surface area contributed by atoms with Crippen LogP contribution in [0.3, 0.4) is 0 Å². The lowest BCUT2D eigenvalue weighted by molar-refractivity contribution is -0.135. The molecule has 0 aromatic heterocycles. The minimum Gasteiger partial charge on any atom is -0.507 e. The Labute approximate surface area is 167 Å². The number of carbonyl (C=O) groups is 2. The van der Waals surface area contributed by atoms with Crippen LogP contribution in [0.25, 0.3) is 0 Å². The first-order valence-electron chi connectivity index (χ1n) is 9.02. The van der Waals surface area contributed by atoms with Crippen molar-refractivity contribution >= 4 is 11.8 Å². The fourth-order valence-corrected chi connectivity index (χ4v) is 3.58. The molecule has 3 aromatic rings. The zero-order valence-corrected chi connectivity index (χ0v) is 15.6. The van der Waals surface area contributed by atoms with Gasteiger partial charge in [-0.15, -0.1) is 0 Å². The van der Waals surface area contributed by atoms with E-state index in [4.69, 9.17) is 9.47 Å². The van der Waals surface area contributed by atoms with Crippen LogP contribution in [0, 0.1) is 0 Å². The molecule has 0 saturated heterocycles. The molecule has 6 nitrogen and oxygen atoms in total.